The maximum Gasteiger partial charge on any atom is 0.230 e. The number of rotatable bonds is 6. The van der Waals surface area contributed by atoms with Crippen LogP contribution in [0, 0.1) is 0 Å². The molecule has 1 aromatic heterocycles. The summed E-state index contributed by atoms with van der Waals surface area (Å²) in [5.74, 6) is -0.205. The van der Waals surface area contributed by atoms with E-state index in [2.05, 4.69) is 22.4 Å². The summed E-state index contributed by atoms with van der Waals surface area (Å²) in [5.41, 5.74) is 0.619. The molecule has 21 heavy (non-hydrogen) atoms. The van der Waals surface area contributed by atoms with Crippen LogP contribution in [0.5, 0.6) is 0 Å². The van der Waals surface area contributed by atoms with E-state index in [9.17, 15) is 4.79 Å². The molecule has 112 valence electrons. The number of amides is 1. The van der Waals surface area contributed by atoms with E-state index >= 15 is 0 Å². The van der Waals surface area contributed by atoms with Gasteiger partial charge in [0.25, 0.3) is 0 Å². The van der Waals surface area contributed by atoms with E-state index in [4.69, 9.17) is 23.2 Å². The molecule has 0 unspecified atom stereocenters. The molecule has 1 heterocycles. The Kier molecular flexibility index (Phi) is 5.96. The van der Waals surface area contributed by atoms with E-state index in [-0.39, 0.29) is 12.3 Å². The number of nitrogens with one attached hydrogen (secondary N) is 1. The molecule has 2 rings (SSSR count). The fourth-order valence-corrected chi connectivity index (χ4v) is 3.09. The van der Waals surface area contributed by atoms with Crippen LogP contribution < -0.4 is 5.32 Å². The van der Waals surface area contributed by atoms with Crippen LogP contribution in [-0.4, -0.2) is 16.1 Å². The van der Waals surface area contributed by atoms with Gasteiger partial charge in [-0.05, 0) is 24.1 Å². The van der Waals surface area contributed by atoms with Crippen LogP contribution in [0.1, 0.15) is 30.3 Å². The quantitative estimate of drug-likeness (QED) is 0.847. The Bertz CT molecular complexity index is 610. The molecule has 0 radical (unpaired) electrons. The standard InChI is InChI=1S/C14H15Cl2N3OS/c1-2-3-7-13-18-19-14(21-13)17-12(20)8-9-10(15)5-4-6-11(9)16/h4-6H,2-3,7-8H2,1H3,(H,17,19,20). The number of aryl methyl sites for hydroxylation is 1. The summed E-state index contributed by atoms with van der Waals surface area (Å²) < 4.78 is 0. The molecule has 0 bridgehead atoms. The van der Waals surface area contributed by atoms with Gasteiger partial charge in [0.05, 0.1) is 6.42 Å². The molecule has 4 nitrogen and oxygen atoms in total. The van der Waals surface area contributed by atoms with E-state index < -0.39 is 0 Å². The summed E-state index contributed by atoms with van der Waals surface area (Å²) in [6.45, 7) is 2.12. The third-order valence-corrected chi connectivity index (χ3v) is 4.46. The molecule has 0 saturated heterocycles. The first-order valence-electron chi connectivity index (χ1n) is 6.65. The molecule has 2 aromatic rings. The highest BCUT2D eigenvalue weighted by Crippen LogP contribution is 2.25. The zero-order valence-electron chi connectivity index (χ0n) is 11.5. The van der Waals surface area contributed by atoms with Gasteiger partial charge >= 0.3 is 0 Å². The number of hydrogen-bond acceptors (Lipinski definition) is 4. The summed E-state index contributed by atoms with van der Waals surface area (Å²) in [4.78, 5) is 12.0. The van der Waals surface area contributed by atoms with Crippen LogP contribution >= 0.6 is 34.5 Å². The van der Waals surface area contributed by atoms with E-state index in [1.54, 1.807) is 18.2 Å². The van der Waals surface area contributed by atoms with Crippen molar-refractivity contribution in [3.63, 3.8) is 0 Å². The predicted octanol–water partition coefficient (Wildman–Crippen LogP) is 4.37. The largest absolute Gasteiger partial charge is 0.300 e. The van der Waals surface area contributed by atoms with Crippen molar-refractivity contribution in [2.45, 2.75) is 32.6 Å². The highest BCUT2D eigenvalue weighted by Gasteiger charge is 2.13. The van der Waals surface area contributed by atoms with Gasteiger partial charge in [-0.25, -0.2) is 0 Å². The molecule has 0 aliphatic carbocycles. The number of halogens is 2. The van der Waals surface area contributed by atoms with Gasteiger partial charge in [0.15, 0.2) is 0 Å². The van der Waals surface area contributed by atoms with Gasteiger partial charge in [0.2, 0.25) is 11.0 Å². The molecule has 1 aromatic carbocycles. The average Bonchev–Trinajstić information content (AvgIpc) is 2.88. The van der Waals surface area contributed by atoms with Crippen molar-refractivity contribution in [3.8, 4) is 0 Å². The molecule has 0 spiro atoms. The molecule has 0 aliphatic rings. The van der Waals surface area contributed by atoms with Crippen LogP contribution in [0.2, 0.25) is 10.0 Å². The Hall–Kier alpha value is -1.17. The Balaban J connectivity index is 1.97. The number of nitrogens with zero attached hydrogens (tertiary/aromatic N) is 2. The molecular weight excluding hydrogens is 329 g/mol. The van der Waals surface area contributed by atoms with Crippen molar-refractivity contribution < 1.29 is 4.79 Å². The third kappa shape index (κ3) is 4.66. The lowest BCUT2D eigenvalue weighted by molar-refractivity contribution is -0.115. The highest BCUT2D eigenvalue weighted by molar-refractivity contribution is 7.15. The number of aromatic nitrogens is 2. The first-order valence-corrected chi connectivity index (χ1v) is 8.22. The average molecular weight is 344 g/mol. The van der Waals surface area contributed by atoms with Gasteiger partial charge in [-0.3, -0.25) is 4.79 Å². The summed E-state index contributed by atoms with van der Waals surface area (Å²) in [5, 5.41) is 13.2. The summed E-state index contributed by atoms with van der Waals surface area (Å²) in [7, 11) is 0. The molecular formula is C14H15Cl2N3OS. The fourth-order valence-electron chi connectivity index (χ4n) is 1.76. The van der Waals surface area contributed by atoms with Crippen molar-refractivity contribution in [2.24, 2.45) is 0 Å². The minimum absolute atomic E-state index is 0.113. The number of carbonyl (C=O) groups excluding carboxylic acids is 1. The molecule has 0 atom stereocenters. The Morgan fingerprint density at radius 1 is 1.29 bits per heavy atom. The van der Waals surface area contributed by atoms with E-state index in [0.717, 1.165) is 24.3 Å². The van der Waals surface area contributed by atoms with Crippen molar-refractivity contribution >= 4 is 45.6 Å². The van der Waals surface area contributed by atoms with Crippen molar-refractivity contribution in [1.29, 1.82) is 0 Å². The third-order valence-electron chi connectivity index (χ3n) is 2.86. The van der Waals surface area contributed by atoms with E-state index in [1.165, 1.54) is 11.3 Å². The number of hydrogen-bond donors (Lipinski definition) is 1. The normalized spacial score (nSPS) is 10.6. The van der Waals surface area contributed by atoms with E-state index in [0.29, 0.717) is 20.7 Å². The number of anilines is 1. The van der Waals surface area contributed by atoms with Crippen LogP contribution in [-0.2, 0) is 17.6 Å². The first kappa shape index (κ1) is 16.2. The lowest BCUT2D eigenvalue weighted by Gasteiger charge is -2.06. The minimum Gasteiger partial charge on any atom is -0.300 e. The maximum absolute atomic E-state index is 12.0. The Morgan fingerprint density at radius 2 is 2.00 bits per heavy atom. The van der Waals surface area contributed by atoms with Crippen molar-refractivity contribution in [3.05, 3.63) is 38.8 Å². The van der Waals surface area contributed by atoms with Crippen molar-refractivity contribution in [2.75, 3.05) is 5.32 Å². The summed E-state index contributed by atoms with van der Waals surface area (Å²) in [6, 6.07) is 5.17. The lowest BCUT2D eigenvalue weighted by atomic mass is 10.1. The topological polar surface area (TPSA) is 54.9 Å². The zero-order chi connectivity index (χ0) is 15.2. The molecule has 0 saturated carbocycles. The van der Waals surface area contributed by atoms with Crippen LogP contribution in [0.25, 0.3) is 0 Å². The second-order valence-electron chi connectivity index (χ2n) is 4.53. The summed E-state index contributed by atoms with van der Waals surface area (Å²) >= 11 is 13.5. The second kappa shape index (κ2) is 7.73. The van der Waals surface area contributed by atoms with Gasteiger partial charge in [-0.1, -0.05) is 53.9 Å². The second-order valence-corrected chi connectivity index (χ2v) is 6.41. The van der Waals surface area contributed by atoms with Crippen LogP contribution in [0.15, 0.2) is 18.2 Å². The smallest absolute Gasteiger partial charge is 0.230 e. The van der Waals surface area contributed by atoms with Gasteiger partial charge in [-0.2, -0.15) is 0 Å². The summed E-state index contributed by atoms with van der Waals surface area (Å²) in [6.07, 6.45) is 3.17. The maximum atomic E-state index is 12.0. The van der Waals surface area contributed by atoms with Gasteiger partial charge < -0.3 is 5.32 Å². The molecule has 1 N–H and O–H groups in total. The Labute approximate surface area is 137 Å². The minimum atomic E-state index is -0.205. The van der Waals surface area contributed by atoms with Gasteiger partial charge in [0, 0.05) is 16.5 Å². The SMILES string of the molecule is CCCCc1nnc(NC(=O)Cc2c(Cl)cccc2Cl)s1. The zero-order valence-corrected chi connectivity index (χ0v) is 13.9. The van der Waals surface area contributed by atoms with Crippen LogP contribution in [0.3, 0.4) is 0 Å². The Morgan fingerprint density at radius 3 is 2.67 bits per heavy atom. The number of benzene rings is 1. The molecule has 7 heteroatoms. The number of carbonyl (C=O) groups is 1. The predicted molar refractivity (Wildman–Crippen MR) is 87.3 cm³/mol. The van der Waals surface area contributed by atoms with Gasteiger partial charge in [-0.15, -0.1) is 10.2 Å². The van der Waals surface area contributed by atoms with E-state index in [1.807, 2.05) is 0 Å². The highest BCUT2D eigenvalue weighted by atomic mass is 35.5. The van der Waals surface area contributed by atoms with Crippen LogP contribution in [0.4, 0.5) is 5.13 Å². The number of unbranched alkanes of at least 4 members (excludes halogenated alkanes) is 1. The monoisotopic (exact) mass is 343 g/mol. The first-order chi connectivity index (χ1) is 10.1. The van der Waals surface area contributed by atoms with Crippen molar-refractivity contribution in [1.82, 2.24) is 10.2 Å². The molecule has 0 fully saturated rings. The molecule has 0 aliphatic heterocycles. The fraction of sp³-hybridized carbons (Fsp3) is 0.357. The molecule has 1 amide bonds. The van der Waals surface area contributed by atoms with Gasteiger partial charge in [0.1, 0.15) is 5.01 Å². The lowest BCUT2D eigenvalue weighted by Crippen LogP contribution is -2.14.